The lowest BCUT2D eigenvalue weighted by molar-refractivity contribution is 0.307. The van der Waals surface area contributed by atoms with Crippen molar-refractivity contribution >= 4 is 48.0 Å². The summed E-state index contributed by atoms with van der Waals surface area (Å²) in [6, 6.07) is 20.1. The molecule has 11 nitrogen and oxygen atoms in total. The number of rotatable bonds is 13. The van der Waals surface area contributed by atoms with Crippen LogP contribution >= 0.6 is 0 Å². The molecule has 0 radical (unpaired) electrons. The molecule has 0 atom stereocenters. The van der Waals surface area contributed by atoms with E-state index in [1.807, 2.05) is 30.3 Å². The van der Waals surface area contributed by atoms with Gasteiger partial charge in [0.1, 0.15) is 51.7 Å². The van der Waals surface area contributed by atoms with Crippen LogP contribution in [0.2, 0.25) is 0 Å². The lowest BCUT2D eigenvalue weighted by Crippen LogP contribution is -2.21. The molecule has 3 N–H and O–H groups in total. The minimum absolute atomic E-state index is 0.0117. The third-order valence-corrected chi connectivity index (χ3v) is 7.89. The third kappa shape index (κ3) is 8.52. The summed E-state index contributed by atoms with van der Waals surface area (Å²) in [5.41, 5.74) is 2.82. The maximum atomic E-state index is 13.7. The van der Waals surface area contributed by atoms with Gasteiger partial charge in [-0.25, -0.2) is 31.2 Å². The first-order chi connectivity index (χ1) is 20.9. The number of fused-ring (bicyclic) bond motifs is 1. The fraction of sp³-hybridized carbons (Fsp3) is 0.200. The number of nitrogens with one attached hydrogen (secondary N) is 3. The molecule has 5 rings (SSSR count). The molecule has 5 aromatic rings. The molecule has 0 fully saturated rings. The zero-order valence-electron chi connectivity index (χ0n) is 23.9. The summed E-state index contributed by atoms with van der Waals surface area (Å²) < 4.78 is 74.6. The minimum Gasteiger partial charge on any atom is -0.487 e. The predicted octanol–water partition coefficient (Wildman–Crippen LogP) is 4.86. The maximum Gasteiger partial charge on any atom is 0.229 e. The molecule has 230 valence electrons. The molecule has 0 saturated carbocycles. The monoisotopic (exact) mass is 639 g/mol. The summed E-state index contributed by atoms with van der Waals surface area (Å²) in [6.45, 7) is 0.713. The van der Waals surface area contributed by atoms with Crippen molar-refractivity contribution in [2.75, 3.05) is 34.8 Å². The number of anilines is 3. The fourth-order valence-electron chi connectivity index (χ4n) is 4.33. The van der Waals surface area contributed by atoms with Crippen LogP contribution in [0.3, 0.4) is 0 Å². The number of halogens is 1. The molecule has 14 heteroatoms. The van der Waals surface area contributed by atoms with Crippen LogP contribution in [-0.4, -0.2) is 51.6 Å². The smallest absolute Gasteiger partial charge is 0.229 e. The van der Waals surface area contributed by atoms with Gasteiger partial charge in [0.2, 0.25) is 10.0 Å². The Hall–Kier alpha value is -4.53. The number of hydrogen-bond acceptors (Lipinski definition) is 10. The molecule has 0 aliphatic heterocycles. The highest BCUT2D eigenvalue weighted by molar-refractivity contribution is 7.92. The van der Waals surface area contributed by atoms with Gasteiger partial charge in [-0.15, -0.1) is 0 Å². The molecular formula is C30H30FN5O6S2. The lowest BCUT2D eigenvalue weighted by atomic mass is 10.1. The highest BCUT2D eigenvalue weighted by Crippen LogP contribution is 2.33. The number of benzene rings is 3. The zero-order valence-corrected chi connectivity index (χ0v) is 25.5. The number of hydrogen-bond donors (Lipinski definition) is 3. The Balaban J connectivity index is 1.38. The summed E-state index contributed by atoms with van der Waals surface area (Å²) in [5, 5.41) is 7.02. The fourth-order valence-corrected chi connectivity index (χ4v) is 5.42. The van der Waals surface area contributed by atoms with Crippen LogP contribution in [0.25, 0.3) is 22.2 Å². The zero-order chi connectivity index (χ0) is 31.3. The van der Waals surface area contributed by atoms with Gasteiger partial charge < -0.3 is 19.8 Å². The molecule has 0 aliphatic carbocycles. The molecule has 44 heavy (non-hydrogen) atoms. The van der Waals surface area contributed by atoms with Crippen LogP contribution in [0, 0.1) is 5.82 Å². The van der Waals surface area contributed by atoms with E-state index in [0.717, 1.165) is 11.8 Å². The normalized spacial score (nSPS) is 11.9. The van der Waals surface area contributed by atoms with E-state index in [0.29, 0.717) is 52.6 Å². The van der Waals surface area contributed by atoms with Crippen LogP contribution < -0.4 is 20.1 Å². The van der Waals surface area contributed by atoms with E-state index in [-0.39, 0.29) is 23.8 Å². The van der Waals surface area contributed by atoms with Gasteiger partial charge in [-0.2, -0.15) is 0 Å². The second-order valence-electron chi connectivity index (χ2n) is 10.2. The van der Waals surface area contributed by atoms with Crippen LogP contribution in [0.15, 0.2) is 83.5 Å². The standard InChI is InChI=1S/C30H30FN5O6S2/c1-43(37,38)13-12-32-17-24-8-11-28(42-24)21-6-9-26-25(15-21)30(34-19-33-26)35-23-7-10-27(36-44(2,39)40)29(16-23)41-18-20-4-3-5-22(31)14-20/h3-11,14-16,19,32,36H,12-13,17-18H2,1-2H3,(H,33,34,35). The quantitative estimate of drug-likeness (QED) is 0.152. The van der Waals surface area contributed by atoms with Crippen molar-refractivity contribution in [3.8, 4) is 17.1 Å². The lowest BCUT2D eigenvalue weighted by Gasteiger charge is -2.15. The molecule has 0 saturated heterocycles. The van der Waals surface area contributed by atoms with E-state index in [4.69, 9.17) is 9.15 Å². The van der Waals surface area contributed by atoms with Crippen LogP contribution in [0.4, 0.5) is 21.6 Å². The molecular weight excluding hydrogens is 609 g/mol. The molecule has 3 aromatic carbocycles. The van der Waals surface area contributed by atoms with Crippen LogP contribution in [-0.2, 0) is 33.0 Å². The van der Waals surface area contributed by atoms with Crippen molar-refractivity contribution in [3.05, 3.63) is 96.3 Å². The van der Waals surface area contributed by atoms with Gasteiger partial charge in [0, 0.05) is 35.5 Å². The number of nitrogens with zero attached hydrogens (tertiary/aromatic N) is 2. The van der Waals surface area contributed by atoms with Gasteiger partial charge in [0.25, 0.3) is 0 Å². The van der Waals surface area contributed by atoms with Crippen molar-refractivity contribution in [1.29, 1.82) is 0 Å². The van der Waals surface area contributed by atoms with Crippen molar-refractivity contribution in [3.63, 3.8) is 0 Å². The molecule has 2 heterocycles. The van der Waals surface area contributed by atoms with E-state index in [2.05, 4.69) is 25.3 Å². The number of sulfonamides is 1. The number of sulfone groups is 1. The summed E-state index contributed by atoms with van der Waals surface area (Å²) in [5.74, 6) is 1.63. The van der Waals surface area contributed by atoms with Crippen molar-refractivity contribution < 1.29 is 30.4 Å². The Bertz CT molecular complexity index is 2020. The SMILES string of the molecule is CS(=O)(=O)CCNCc1ccc(-c2ccc3ncnc(Nc4ccc(NS(C)(=O)=O)c(OCc5cccc(F)c5)c4)c3c2)o1. The van der Waals surface area contributed by atoms with Gasteiger partial charge in [0.05, 0.1) is 29.8 Å². The predicted molar refractivity (Wildman–Crippen MR) is 168 cm³/mol. The van der Waals surface area contributed by atoms with Gasteiger partial charge in [-0.3, -0.25) is 4.72 Å². The first kappa shape index (κ1) is 30.9. The molecule has 0 unspecified atom stereocenters. The third-order valence-electron chi connectivity index (χ3n) is 6.35. The summed E-state index contributed by atoms with van der Waals surface area (Å²) in [7, 11) is -6.65. The summed E-state index contributed by atoms with van der Waals surface area (Å²) in [6.07, 6.45) is 3.66. The van der Waals surface area contributed by atoms with Gasteiger partial charge in [0.15, 0.2) is 0 Å². The second kappa shape index (κ2) is 13.0. The molecule has 0 spiro atoms. The van der Waals surface area contributed by atoms with Crippen molar-refractivity contribution in [1.82, 2.24) is 15.3 Å². The highest BCUT2D eigenvalue weighted by Gasteiger charge is 2.14. The molecule has 0 bridgehead atoms. The Morgan fingerprint density at radius 2 is 1.77 bits per heavy atom. The van der Waals surface area contributed by atoms with Gasteiger partial charge >= 0.3 is 0 Å². The van der Waals surface area contributed by atoms with Gasteiger partial charge in [-0.1, -0.05) is 12.1 Å². The van der Waals surface area contributed by atoms with Crippen molar-refractivity contribution in [2.24, 2.45) is 0 Å². The Morgan fingerprint density at radius 3 is 2.55 bits per heavy atom. The largest absolute Gasteiger partial charge is 0.487 e. The molecule has 0 amide bonds. The van der Waals surface area contributed by atoms with Crippen LogP contribution in [0.1, 0.15) is 11.3 Å². The number of ether oxygens (including phenoxy) is 1. The average Bonchev–Trinajstić information content (AvgIpc) is 3.43. The number of furan rings is 1. The number of aromatic nitrogens is 2. The highest BCUT2D eigenvalue weighted by atomic mass is 32.2. The Kier molecular flexibility index (Phi) is 9.13. The van der Waals surface area contributed by atoms with E-state index in [9.17, 15) is 21.2 Å². The first-order valence-electron chi connectivity index (χ1n) is 13.4. The maximum absolute atomic E-state index is 13.7. The van der Waals surface area contributed by atoms with E-state index in [1.54, 1.807) is 30.3 Å². The van der Waals surface area contributed by atoms with Crippen molar-refractivity contribution in [2.45, 2.75) is 13.2 Å². The molecule has 2 aromatic heterocycles. The summed E-state index contributed by atoms with van der Waals surface area (Å²) >= 11 is 0. The van der Waals surface area contributed by atoms with E-state index < -0.39 is 25.7 Å². The Morgan fingerprint density at radius 1 is 0.932 bits per heavy atom. The summed E-state index contributed by atoms with van der Waals surface area (Å²) in [4.78, 5) is 8.78. The van der Waals surface area contributed by atoms with Gasteiger partial charge in [-0.05, 0) is 60.2 Å². The molecule has 0 aliphatic rings. The second-order valence-corrected chi connectivity index (χ2v) is 14.2. The minimum atomic E-state index is -3.60. The average molecular weight is 640 g/mol. The van der Waals surface area contributed by atoms with E-state index in [1.165, 1.54) is 24.7 Å². The van der Waals surface area contributed by atoms with Crippen LogP contribution in [0.5, 0.6) is 5.75 Å². The van der Waals surface area contributed by atoms with E-state index >= 15 is 0 Å². The topological polar surface area (TPSA) is 153 Å². The first-order valence-corrected chi connectivity index (χ1v) is 17.4. The Labute approximate surface area is 254 Å².